The quantitative estimate of drug-likeness (QED) is 0.619. The van der Waals surface area contributed by atoms with E-state index in [9.17, 15) is 17.2 Å². The first kappa shape index (κ1) is 19.7. The average Bonchev–Trinajstić information content (AvgIpc) is 3.21. The van der Waals surface area contributed by atoms with Crippen LogP contribution in [0.25, 0.3) is 0 Å². The van der Waals surface area contributed by atoms with Crippen molar-refractivity contribution in [2.45, 2.75) is 30.2 Å². The Bertz CT molecular complexity index is 1100. The molecule has 150 valence electrons. The summed E-state index contributed by atoms with van der Waals surface area (Å²) in [5.74, 6) is -0.764. The monoisotopic (exact) mass is 414 g/mol. The zero-order chi connectivity index (χ0) is 20.4. The Morgan fingerprint density at radius 2 is 1.59 bits per heavy atom. The second kappa shape index (κ2) is 8.00. The molecule has 1 aliphatic heterocycles. The minimum atomic E-state index is -3.74. The Morgan fingerprint density at radius 3 is 2.28 bits per heavy atom. The van der Waals surface area contributed by atoms with E-state index in [4.69, 9.17) is 0 Å². The zero-order valence-corrected chi connectivity index (χ0v) is 16.4. The van der Waals surface area contributed by atoms with Gasteiger partial charge in [0.25, 0.3) is 0 Å². The van der Waals surface area contributed by atoms with Crippen molar-refractivity contribution in [1.29, 1.82) is 0 Å². The summed E-state index contributed by atoms with van der Waals surface area (Å²) in [5, 5.41) is 0. The molecule has 1 aliphatic rings. The van der Waals surface area contributed by atoms with Crippen molar-refractivity contribution >= 4 is 10.0 Å². The van der Waals surface area contributed by atoms with Crippen LogP contribution in [0.2, 0.25) is 0 Å². The molecule has 0 spiro atoms. The SMILES string of the molecule is O=S(=O)(c1ccc(F)cc1)N1CCC[C@@H]1c1cccc(Cc2ccc(F)cc2)n1. The summed E-state index contributed by atoms with van der Waals surface area (Å²) in [6.45, 7) is 0.397. The Morgan fingerprint density at radius 1 is 0.931 bits per heavy atom. The first-order valence-corrected chi connectivity index (χ1v) is 10.9. The number of rotatable bonds is 5. The molecule has 0 amide bonds. The van der Waals surface area contributed by atoms with Gasteiger partial charge < -0.3 is 0 Å². The number of pyridine rings is 1. The van der Waals surface area contributed by atoms with E-state index in [1.165, 1.54) is 28.6 Å². The van der Waals surface area contributed by atoms with Crippen molar-refractivity contribution in [3.05, 3.63) is 95.3 Å². The van der Waals surface area contributed by atoms with Crippen LogP contribution in [0.5, 0.6) is 0 Å². The highest BCUT2D eigenvalue weighted by atomic mass is 32.2. The smallest absolute Gasteiger partial charge is 0.243 e. The molecule has 29 heavy (non-hydrogen) atoms. The molecule has 2 heterocycles. The minimum Gasteiger partial charge on any atom is -0.256 e. The van der Waals surface area contributed by atoms with Crippen LogP contribution in [-0.4, -0.2) is 24.3 Å². The standard InChI is InChI=1S/C22H20F2N2O2S/c23-17-8-6-16(7-9-17)15-19-3-1-4-21(25-19)22-5-2-14-26(22)29(27,28)20-12-10-18(24)11-13-20/h1,3-4,6-13,22H,2,5,14-15H2/t22-/m1/s1. The number of sulfonamides is 1. The van der Waals surface area contributed by atoms with E-state index in [0.29, 0.717) is 25.1 Å². The number of hydrogen-bond acceptors (Lipinski definition) is 3. The van der Waals surface area contributed by atoms with E-state index in [-0.39, 0.29) is 16.8 Å². The molecule has 7 heteroatoms. The van der Waals surface area contributed by atoms with E-state index >= 15 is 0 Å². The molecule has 0 saturated carbocycles. The van der Waals surface area contributed by atoms with Crippen LogP contribution in [0, 0.1) is 11.6 Å². The molecule has 2 aromatic carbocycles. The molecule has 1 fully saturated rings. The van der Waals surface area contributed by atoms with Crippen LogP contribution in [0.1, 0.15) is 35.8 Å². The van der Waals surface area contributed by atoms with Gasteiger partial charge in [0.05, 0.1) is 16.6 Å². The van der Waals surface area contributed by atoms with E-state index in [0.717, 1.165) is 29.8 Å². The fraction of sp³-hybridized carbons (Fsp3) is 0.227. The van der Waals surface area contributed by atoms with E-state index in [2.05, 4.69) is 4.98 Å². The van der Waals surface area contributed by atoms with Crippen LogP contribution in [0.4, 0.5) is 8.78 Å². The van der Waals surface area contributed by atoms with Gasteiger partial charge in [-0.05, 0) is 66.9 Å². The van der Waals surface area contributed by atoms with E-state index in [1.807, 2.05) is 18.2 Å². The van der Waals surface area contributed by atoms with Crippen LogP contribution in [-0.2, 0) is 16.4 Å². The van der Waals surface area contributed by atoms with Gasteiger partial charge in [0.1, 0.15) is 11.6 Å². The minimum absolute atomic E-state index is 0.0771. The third-order valence-electron chi connectivity index (χ3n) is 5.09. The van der Waals surface area contributed by atoms with Gasteiger partial charge >= 0.3 is 0 Å². The molecule has 0 N–H and O–H groups in total. The Hall–Kier alpha value is -2.64. The summed E-state index contributed by atoms with van der Waals surface area (Å²) in [4.78, 5) is 4.76. The molecule has 1 saturated heterocycles. The fourth-order valence-electron chi connectivity index (χ4n) is 3.66. The third kappa shape index (κ3) is 4.21. The van der Waals surface area contributed by atoms with Crippen LogP contribution in [0.3, 0.4) is 0 Å². The van der Waals surface area contributed by atoms with Crippen molar-refractivity contribution in [3.8, 4) is 0 Å². The fourth-order valence-corrected chi connectivity index (χ4v) is 5.33. The highest BCUT2D eigenvalue weighted by Gasteiger charge is 2.37. The average molecular weight is 414 g/mol. The normalized spacial score (nSPS) is 17.5. The maximum Gasteiger partial charge on any atom is 0.243 e. The molecule has 0 aliphatic carbocycles. The number of nitrogens with zero attached hydrogens (tertiary/aromatic N) is 2. The summed E-state index contributed by atoms with van der Waals surface area (Å²) in [6, 6.07) is 16.3. The zero-order valence-electron chi connectivity index (χ0n) is 15.6. The molecule has 4 rings (SSSR count). The largest absolute Gasteiger partial charge is 0.256 e. The van der Waals surface area contributed by atoms with Crippen molar-refractivity contribution in [3.63, 3.8) is 0 Å². The van der Waals surface area contributed by atoms with Crippen LogP contribution in [0.15, 0.2) is 71.6 Å². The van der Waals surface area contributed by atoms with Crippen LogP contribution < -0.4 is 0 Å². The summed E-state index contributed by atoms with van der Waals surface area (Å²) in [5.41, 5.74) is 2.41. The summed E-state index contributed by atoms with van der Waals surface area (Å²) >= 11 is 0. The highest BCUT2D eigenvalue weighted by molar-refractivity contribution is 7.89. The number of halogens is 2. The Kier molecular flexibility index (Phi) is 5.43. The predicted molar refractivity (Wildman–Crippen MR) is 106 cm³/mol. The van der Waals surface area contributed by atoms with Gasteiger partial charge in [-0.15, -0.1) is 0 Å². The first-order valence-electron chi connectivity index (χ1n) is 9.41. The molecule has 3 aromatic rings. The van der Waals surface area contributed by atoms with Gasteiger partial charge in [-0.25, -0.2) is 17.2 Å². The van der Waals surface area contributed by atoms with Gasteiger partial charge in [0, 0.05) is 18.7 Å². The van der Waals surface area contributed by atoms with Crippen molar-refractivity contribution in [2.75, 3.05) is 6.54 Å². The van der Waals surface area contributed by atoms with Crippen LogP contribution >= 0.6 is 0 Å². The molecular formula is C22H20F2N2O2S. The second-order valence-corrected chi connectivity index (χ2v) is 8.98. The summed E-state index contributed by atoms with van der Waals surface area (Å²) in [7, 11) is -3.74. The molecule has 1 atom stereocenters. The van der Waals surface area contributed by atoms with Gasteiger partial charge in [-0.1, -0.05) is 18.2 Å². The van der Waals surface area contributed by atoms with E-state index < -0.39 is 15.8 Å². The molecule has 0 bridgehead atoms. The second-order valence-electron chi connectivity index (χ2n) is 7.08. The van der Waals surface area contributed by atoms with Gasteiger partial charge in [0.15, 0.2) is 0 Å². The maximum absolute atomic E-state index is 13.2. The lowest BCUT2D eigenvalue weighted by Gasteiger charge is -2.24. The number of hydrogen-bond donors (Lipinski definition) is 0. The predicted octanol–water partition coefficient (Wildman–Crippen LogP) is 4.48. The van der Waals surface area contributed by atoms with Gasteiger partial charge in [0.2, 0.25) is 10.0 Å². The molecule has 0 radical (unpaired) electrons. The lowest BCUT2D eigenvalue weighted by molar-refractivity contribution is 0.390. The number of aromatic nitrogens is 1. The number of benzene rings is 2. The molecule has 1 aromatic heterocycles. The maximum atomic E-state index is 13.2. The Labute approximate surface area is 168 Å². The molecular weight excluding hydrogens is 394 g/mol. The topological polar surface area (TPSA) is 50.3 Å². The summed E-state index contributed by atoms with van der Waals surface area (Å²) in [6.07, 6.45) is 1.94. The highest BCUT2D eigenvalue weighted by Crippen LogP contribution is 2.35. The summed E-state index contributed by atoms with van der Waals surface area (Å²) < 4.78 is 53.9. The molecule has 4 nitrogen and oxygen atoms in total. The lowest BCUT2D eigenvalue weighted by atomic mass is 10.1. The first-order chi connectivity index (χ1) is 13.9. The molecule has 0 unspecified atom stereocenters. The third-order valence-corrected chi connectivity index (χ3v) is 7.01. The van der Waals surface area contributed by atoms with Crippen molar-refractivity contribution in [2.24, 2.45) is 0 Å². The lowest BCUT2D eigenvalue weighted by Crippen LogP contribution is -2.31. The van der Waals surface area contributed by atoms with Crippen molar-refractivity contribution in [1.82, 2.24) is 9.29 Å². The van der Waals surface area contributed by atoms with Gasteiger partial charge in [-0.3, -0.25) is 4.98 Å². The van der Waals surface area contributed by atoms with Crippen molar-refractivity contribution < 1.29 is 17.2 Å². The Balaban J connectivity index is 1.60. The van der Waals surface area contributed by atoms with E-state index in [1.54, 1.807) is 12.1 Å². The van der Waals surface area contributed by atoms with Gasteiger partial charge in [-0.2, -0.15) is 4.31 Å².